The number of nitrogens with one attached hydrogen (secondary N) is 1. The smallest absolute Gasteiger partial charge is 0.416 e. The highest BCUT2D eigenvalue weighted by Gasteiger charge is 2.30. The van der Waals surface area contributed by atoms with E-state index < -0.39 is 23.7 Å². The molecule has 0 aliphatic heterocycles. The predicted octanol–water partition coefficient (Wildman–Crippen LogP) is 3.79. The number of furan rings is 1. The van der Waals surface area contributed by atoms with Crippen LogP contribution in [0.5, 0.6) is 0 Å². The fourth-order valence-corrected chi connectivity index (χ4v) is 1.74. The van der Waals surface area contributed by atoms with Crippen LogP contribution in [0.2, 0.25) is 0 Å². The molecular weight excluding hydrogens is 271 g/mol. The van der Waals surface area contributed by atoms with Crippen LogP contribution in [0.3, 0.4) is 0 Å². The highest BCUT2D eigenvalue weighted by atomic mass is 19.4. The van der Waals surface area contributed by atoms with Gasteiger partial charge in [0.15, 0.2) is 0 Å². The lowest BCUT2D eigenvalue weighted by Crippen LogP contribution is -2.26. The zero-order valence-corrected chi connectivity index (χ0v) is 10.6. The fourth-order valence-electron chi connectivity index (χ4n) is 1.74. The van der Waals surface area contributed by atoms with Crippen molar-refractivity contribution in [2.24, 2.45) is 0 Å². The number of rotatable bonds is 3. The molecule has 0 saturated carbocycles. The van der Waals surface area contributed by atoms with Gasteiger partial charge in [-0.15, -0.1) is 0 Å². The quantitative estimate of drug-likeness (QED) is 0.931. The van der Waals surface area contributed by atoms with E-state index in [1.165, 1.54) is 30.7 Å². The summed E-state index contributed by atoms with van der Waals surface area (Å²) in [5, 5.41) is 2.61. The summed E-state index contributed by atoms with van der Waals surface area (Å²) in [5.74, 6) is -0.399. The molecule has 0 aliphatic rings. The van der Waals surface area contributed by atoms with Crippen LogP contribution in [-0.4, -0.2) is 5.91 Å². The van der Waals surface area contributed by atoms with Crippen molar-refractivity contribution >= 4 is 5.91 Å². The second-order valence-corrected chi connectivity index (χ2v) is 4.33. The number of carbonyl (C=O) groups excluding carboxylic acids is 1. The molecule has 2 aromatic rings. The lowest BCUT2D eigenvalue weighted by Gasteiger charge is -2.15. The van der Waals surface area contributed by atoms with E-state index in [2.05, 4.69) is 5.32 Å². The van der Waals surface area contributed by atoms with Crippen LogP contribution in [0.4, 0.5) is 13.2 Å². The predicted molar refractivity (Wildman–Crippen MR) is 66.0 cm³/mol. The second kappa shape index (κ2) is 5.40. The average Bonchev–Trinajstić information content (AvgIpc) is 2.91. The van der Waals surface area contributed by atoms with Gasteiger partial charge in [-0.05, 0) is 30.7 Å². The van der Waals surface area contributed by atoms with Crippen LogP contribution in [0.15, 0.2) is 47.3 Å². The molecular formula is C14H12F3NO2. The maximum Gasteiger partial charge on any atom is 0.416 e. The molecule has 106 valence electrons. The first-order chi connectivity index (χ1) is 9.38. The minimum Gasteiger partial charge on any atom is -0.472 e. The Hall–Kier alpha value is -2.24. The minimum absolute atomic E-state index is 0.323. The highest BCUT2D eigenvalue weighted by Crippen LogP contribution is 2.30. The molecule has 0 aliphatic carbocycles. The summed E-state index contributed by atoms with van der Waals surface area (Å²) >= 11 is 0. The molecule has 1 atom stereocenters. The van der Waals surface area contributed by atoms with Crippen molar-refractivity contribution in [1.29, 1.82) is 0 Å². The van der Waals surface area contributed by atoms with Gasteiger partial charge in [-0.25, -0.2) is 0 Å². The van der Waals surface area contributed by atoms with Gasteiger partial charge in [-0.2, -0.15) is 13.2 Å². The van der Waals surface area contributed by atoms with Gasteiger partial charge in [0, 0.05) is 0 Å². The van der Waals surface area contributed by atoms with Gasteiger partial charge >= 0.3 is 6.18 Å². The first-order valence-corrected chi connectivity index (χ1v) is 5.88. The summed E-state index contributed by atoms with van der Waals surface area (Å²) in [4.78, 5) is 11.8. The van der Waals surface area contributed by atoms with E-state index in [1.54, 1.807) is 6.92 Å². The Morgan fingerprint density at radius 3 is 2.65 bits per heavy atom. The largest absolute Gasteiger partial charge is 0.472 e. The van der Waals surface area contributed by atoms with Crippen molar-refractivity contribution in [3.05, 3.63) is 59.5 Å². The van der Waals surface area contributed by atoms with E-state index >= 15 is 0 Å². The van der Waals surface area contributed by atoms with Crippen molar-refractivity contribution in [2.75, 3.05) is 0 Å². The first kappa shape index (κ1) is 14.2. The molecule has 1 N–H and O–H groups in total. The van der Waals surface area contributed by atoms with Crippen LogP contribution >= 0.6 is 0 Å². The van der Waals surface area contributed by atoms with Crippen LogP contribution in [0.25, 0.3) is 0 Å². The van der Waals surface area contributed by atoms with Crippen molar-refractivity contribution in [2.45, 2.75) is 19.1 Å². The SMILES string of the molecule is CC(NC(=O)c1ccoc1)c1cccc(C(F)(F)F)c1. The van der Waals surface area contributed by atoms with Gasteiger partial charge in [0.05, 0.1) is 23.4 Å². The zero-order chi connectivity index (χ0) is 14.8. The first-order valence-electron chi connectivity index (χ1n) is 5.88. The number of benzene rings is 1. The Kier molecular flexibility index (Phi) is 3.83. The molecule has 3 nitrogen and oxygen atoms in total. The fraction of sp³-hybridized carbons (Fsp3) is 0.214. The summed E-state index contributed by atoms with van der Waals surface area (Å²) in [6, 6.07) is 5.82. The minimum atomic E-state index is -4.40. The normalized spacial score (nSPS) is 13.0. The van der Waals surface area contributed by atoms with Crippen LogP contribution in [-0.2, 0) is 6.18 Å². The third kappa shape index (κ3) is 3.20. The number of amides is 1. The lowest BCUT2D eigenvalue weighted by atomic mass is 10.0. The molecule has 1 amide bonds. The summed E-state index contributed by atoms with van der Waals surface area (Å²) in [6.45, 7) is 1.62. The Morgan fingerprint density at radius 2 is 2.05 bits per heavy atom. The Labute approximate surface area is 113 Å². The third-order valence-electron chi connectivity index (χ3n) is 2.84. The number of halogens is 3. The summed E-state index contributed by atoms with van der Waals surface area (Å²) in [7, 11) is 0. The molecule has 0 saturated heterocycles. The maximum atomic E-state index is 12.6. The van der Waals surface area contributed by atoms with E-state index in [0.29, 0.717) is 11.1 Å². The van der Waals surface area contributed by atoms with E-state index in [0.717, 1.165) is 12.1 Å². The molecule has 0 radical (unpaired) electrons. The molecule has 1 aromatic heterocycles. The molecule has 0 bridgehead atoms. The number of hydrogen-bond acceptors (Lipinski definition) is 2. The number of alkyl halides is 3. The van der Waals surface area contributed by atoms with E-state index in [1.807, 2.05) is 0 Å². The summed E-state index contributed by atoms with van der Waals surface area (Å²) in [6.07, 6.45) is -1.78. The zero-order valence-electron chi connectivity index (χ0n) is 10.6. The number of carbonyl (C=O) groups is 1. The molecule has 0 spiro atoms. The molecule has 1 unspecified atom stereocenters. The van der Waals surface area contributed by atoms with Crippen molar-refractivity contribution in [3.8, 4) is 0 Å². The van der Waals surface area contributed by atoms with Gasteiger partial charge in [-0.1, -0.05) is 12.1 Å². The maximum absolute atomic E-state index is 12.6. The topological polar surface area (TPSA) is 42.2 Å². The summed E-state index contributed by atoms with van der Waals surface area (Å²) in [5.41, 5.74) is -0.0279. The Morgan fingerprint density at radius 1 is 1.30 bits per heavy atom. The van der Waals surface area contributed by atoms with Crippen LogP contribution in [0.1, 0.15) is 34.5 Å². The van der Waals surface area contributed by atoms with Crippen molar-refractivity contribution in [1.82, 2.24) is 5.32 Å². The average molecular weight is 283 g/mol. The lowest BCUT2D eigenvalue weighted by molar-refractivity contribution is -0.137. The molecule has 2 rings (SSSR count). The van der Waals surface area contributed by atoms with Gasteiger partial charge in [-0.3, -0.25) is 4.79 Å². The van der Waals surface area contributed by atoms with E-state index in [4.69, 9.17) is 4.42 Å². The number of hydrogen-bond donors (Lipinski definition) is 1. The Balaban J connectivity index is 2.13. The van der Waals surface area contributed by atoms with Crippen LogP contribution in [0, 0.1) is 0 Å². The van der Waals surface area contributed by atoms with Crippen LogP contribution < -0.4 is 5.32 Å². The molecule has 6 heteroatoms. The van der Waals surface area contributed by atoms with Gasteiger partial charge in [0.25, 0.3) is 5.91 Å². The van der Waals surface area contributed by atoms with E-state index in [-0.39, 0.29) is 0 Å². The van der Waals surface area contributed by atoms with Crippen molar-refractivity contribution in [3.63, 3.8) is 0 Å². The monoisotopic (exact) mass is 283 g/mol. The highest BCUT2D eigenvalue weighted by molar-refractivity contribution is 5.94. The Bertz CT molecular complexity index is 591. The molecule has 0 fully saturated rings. The van der Waals surface area contributed by atoms with E-state index in [9.17, 15) is 18.0 Å². The summed E-state index contributed by atoms with van der Waals surface area (Å²) < 4.78 is 42.6. The van der Waals surface area contributed by atoms with Gasteiger partial charge < -0.3 is 9.73 Å². The van der Waals surface area contributed by atoms with Gasteiger partial charge in [0.2, 0.25) is 0 Å². The standard InChI is InChI=1S/C14H12F3NO2/c1-9(18-13(19)11-5-6-20-8-11)10-3-2-4-12(7-10)14(15,16)17/h2-9H,1H3,(H,18,19). The molecule has 1 heterocycles. The van der Waals surface area contributed by atoms with Gasteiger partial charge in [0.1, 0.15) is 6.26 Å². The van der Waals surface area contributed by atoms with Crippen molar-refractivity contribution < 1.29 is 22.4 Å². The molecule has 20 heavy (non-hydrogen) atoms. The second-order valence-electron chi connectivity index (χ2n) is 4.33. The third-order valence-corrected chi connectivity index (χ3v) is 2.84. The molecule has 1 aromatic carbocycles.